The third-order valence-electron chi connectivity index (χ3n) is 7.60. The summed E-state index contributed by atoms with van der Waals surface area (Å²) in [4.78, 5) is 33.6. The number of halogens is 5. The first kappa shape index (κ1) is 29.8. The number of carbonyl (C=O) groups excluding carboxylic acids is 1. The van der Waals surface area contributed by atoms with Gasteiger partial charge >= 0.3 is 11.9 Å². The second-order valence-corrected chi connectivity index (χ2v) is 11.5. The van der Waals surface area contributed by atoms with Gasteiger partial charge in [0.2, 0.25) is 5.91 Å². The molecule has 5 rings (SSSR count). The van der Waals surface area contributed by atoms with Crippen molar-refractivity contribution in [3.8, 4) is 11.1 Å². The molecule has 0 aliphatic carbocycles. The predicted molar refractivity (Wildman–Crippen MR) is 151 cm³/mol. The Hall–Kier alpha value is -3.65. The number of piperazine rings is 1. The molecule has 0 spiro atoms. The van der Waals surface area contributed by atoms with Gasteiger partial charge in [-0.1, -0.05) is 6.58 Å². The Labute approximate surface area is 241 Å². The summed E-state index contributed by atoms with van der Waals surface area (Å²) >= 11 is 1.02. The van der Waals surface area contributed by atoms with Crippen LogP contribution in [0.1, 0.15) is 25.5 Å². The van der Waals surface area contributed by atoms with E-state index in [0.29, 0.717) is 6.07 Å². The highest BCUT2D eigenvalue weighted by Gasteiger charge is 2.41. The summed E-state index contributed by atoms with van der Waals surface area (Å²) < 4.78 is 80.0. The second-order valence-electron chi connectivity index (χ2n) is 10.4. The number of alkyl halides is 3. The number of hydrogen-bond acceptors (Lipinski definition) is 7. The van der Waals surface area contributed by atoms with Crippen LogP contribution >= 0.6 is 11.8 Å². The van der Waals surface area contributed by atoms with Gasteiger partial charge in [-0.2, -0.15) is 18.2 Å². The number of benzene rings is 2. The van der Waals surface area contributed by atoms with Crippen molar-refractivity contribution in [1.82, 2.24) is 14.5 Å². The normalized spacial score (nSPS) is 20.7. The summed E-state index contributed by atoms with van der Waals surface area (Å²) in [5, 5.41) is 0.0346. The lowest BCUT2D eigenvalue weighted by atomic mass is 9.95. The maximum Gasteiger partial charge on any atom is 0.417 e. The zero-order valence-corrected chi connectivity index (χ0v) is 23.8. The van der Waals surface area contributed by atoms with Crippen molar-refractivity contribution in [2.24, 2.45) is 0 Å². The van der Waals surface area contributed by atoms with Gasteiger partial charge in [0.05, 0.1) is 29.4 Å². The molecule has 0 unspecified atom stereocenters. The molecular weight excluding hydrogens is 581 g/mol. The minimum absolute atomic E-state index is 0.000552. The third-order valence-corrected chi connectivity index (χ3v) is 8.84. The Morgan fingerprint density at radius 1 is 1.19 bits per heavy atom. The molecule has 1 aromatic heterocycles. The van der Waals surface area contributed by atoms with Crippen molar-refractivity contribution in [3.63, 3.8) is 0 Å². The molecule has 0 bridgehead atoms. The number of aromatic nitrogens is 2. The fraction of sp³-hybridized carbons (Fsp3) is 0.393. The minimum Gasteiger partial charge on any atom is -0.396 e. The highest BCUT2D eigenvalue weighted by atomic mass is 32.2. The van der Waals surface area contributed by atoms with Crippen LogP contribution in [0.4, 0.5) is 33.5 Å². The molecule has 1 amide bonds. The average Bonchev–Trinajstić information content (AvgIpc) is 2.91. The number of hydrogen-bond donors (Lipinski definition) is 1. The molecule has 0 saturated carbocycles. The maximum absolute atomic E-state index is 15.2. The summed E-state index contributed by atoms with van der Waals surface area (Å²) in [5.41, 5.74) is 2.31. The zero-order chi connectivity index (χ0) is 30.7. The van der Waals surface area contributed by atoms with Crippen molar-refractivity contribution in [2.45, 2.75) is 43.0 Å². The lowest BCUT2D eigenvalue weighted by Crippen LogP contribution is -2.58. The molecule has 14 heteroatoms. The van der Waals surface area contributed by atoms with Gasteiger partial charge in [0, 0.05) is 65.5 Å². The Morgan fingerprint density at radius 3 is 2.45 bits per heavy atom. The molecule has 3 heterocycles. The maximum atomic E-state index is 15.2. The van der Waals surface area contributed by atoms with Gasteiger partial charge in [0.15, 0.2) is 0 Å². The number of carbonyl (C=O) groups is 1. The van der Waals surface area contributed by atoms with E-state index >= 15 is 4.39 Å². The molecule has 224 valence electrons. The van der Waals surface area contributed by atoms with Crippen LogP contribution in [0.15, 0.2) is 40.5 Å². The van der Waals surface area contributed by atoms with Crippen molar-refractivity contribution >= 4 is 40.1 Å². The monoisotopic (exact) mass is 609 g/mol. The van der Waals surface area contributed by atoms with E-state index in [9.17, 15) is 27.2 Å². The molecule has 42 heavy (non-hydrogen) atoms. The largest absolute Gasteiger partial charge is 0.417 e. The van der Waals surface area contributed by atoms with E-state index in [0.717, 1.165) is 23.9 Å². The lowest BCUT2D eigenvalue weighted by molar-refractivity contribution is -0.137. The number of anilines is 2. The Morgan fingerprint density at radius 2 is 1.86 bits per heavy atom. The fourth-order valence-electron chi connectivity index (χ4n) is 5.93. The average molecular weight is 610 g/mol. The molecule has 2 aromatic carbocycles. The number of thioether (sulfide) groups is 1. The quantitative estimate of drug-likeness (QED) is 0.251. The first-order chi connectivity index (χ1) is 19.8. The van der Waals surface area contributed by atoms with Gasteiger partial charge in [0.25, 0.3) is 0 Å². The van der Waals surface area contributed by atoms with E-state index in [1.165, 1.54) is 17.8 Å². The Kier molecular flexibility index (Phi) is 7.73. The molecule has 0 radical (unpaired) electrons. The first-order valence-electron chi connectivity index (χ1n) is 13.0. The second kappa shape index (κ2) is 10.9. The van der Waals surface area contributed by atoms with Crippen LogP contribution in [-0.4, -0.2) is 65.0 Å². The van der Waals surface area contributed by atoms with Gasteiger partial charge in [-0.3, -0.25) is 9.36 Å². The topological polar surface area (TPSA) is 93.7 Å². The van der Waals surface area contributed by atoms with Crippen LogP contribution in [0.5, 0.6) is 0 Å². The Balaban J connectivity index is 1.85. The summed E-state index contributed by atoms with van der Waals surface area (Å²) in [6, 6.07) is 0.817. The van der Waals surface area contributed by atoms with Crippen LogP contribution in [0, 0.1) is 11.6 Å². The molecule has 1 fully saturated rings. The molecule has 2 aliphatic heterocycles. The zero-order valence-electron chi connectivity index (χ0n) is 23.0. The third kappa shape index (κ3) is 4.89. The van der Waals surface area contributed by atoms with Crippen molar-refractivity contribution in [2.75, 3.05) is 43.2 Å². The molecule has 8 nitrogen and oxygen atoms in total. The smallest absolute Gasteiger partial charge is 0.396 e. The van der Waals surface area contributed by atoms with Crippen LogP contribution in [0.3, 0.4) is 0 Å². The predicted octanol–water partition coefficient (Wildman–Crippen LogP) is 4.85. The van der Waals surface area contributed by atoms with E-state index in [-0.39, 0.29) is 65.1 Å². The summed E-state index contributed by atoms with van der Waals surface area (Å²) in [6.07, 6.45) is -3.77. The highest BCUT2D eigenvalue weighted by molar-refractivity contribution is 7.99. The molecule has 2 N–H and O–H groups in total. The van der Waals surface area contributed by atoms with Crippen molar-refractivity contribution < 1.29 is 31.5 Å². The van der Waals surface area contributed by atoms with Gasteiger partial charge in [-0.25, -0.2) is 13.6 Å². The molecule has 1 saturated heterocycles. The number of ether oxygens (including phenoxy) is 1. The van der Waals surface area contributed by atoms with Crippen LogP contribution in [-0.2, 0) is 15.7 Å². The van der Waals surface area contributed by atoms with E-state index in [1.807, 2.05) is 0 Å². The van der Waals surface area contributed by atoms with E-state index < -0.39 is 51.9 Å². The minimum atomic E-state index is -4.96. The number of rotatable bonds is 5. The SMILES string of the molecule is C=CC(=O)N1[C@H](C)CN(c2nc(=O)n3c4c(c(-c5cc(N)c(F)cc5F)c(C(F)(F)F)cc24)SC[C@@H]3COC)C[C@@H]1C. The van der Waals surface area contributed by atoms with Crippen LogP contribution in [0.2, 0.25) is 0 Å². The lowest BCUT2D eigenvalue weighted by Gasteiger charge is -2.45. The number of nitrogen functional groups attached to an aromatic ring is 1. The van der Waals surface area contributed by atoms with Crippen molar-refractivity contribution in [1.29, 1.82) is 0 Å². The molecule has 2 aliphatic rings. The highest BCUT2D eigenvalue weighted by Crippen LogP contribution is 2.50. The number of amides is 1. The molecule has 3 aromatic rings. The van der Waals surface area contributed by atoms with E-state index in [4.69, 9.17) is 10.5 Å². The van der Waals surface area contributed by atoms with E-state index in [1.54, 1.807) is 23.6 Å². The van der Waals surface area contributed by atoms with E-state index in [2.05, 4.69) is 11.6 Å². The van der Waals surface area contributed by atoms with Crippen molar-refractivity contribution in [3.05, 3.63) is 58.5 Å². The first-order valence-corrected chi connectivity index (χ1v) is 14.0. The van der Waals surface area contributed by atoms with Crippen LogP contribution in [0.25, 0.3) is 22.0 Å². The molecule has 3 atom stereocenters. The summed E-state index contributed by atoms with van der Waals surface area (Å²) in [6.45, 7) is 7.56. The standard InChI is InChI=1S/C28H28F5N5O3S/c1-5-22(39)37-13(2)9-36(10-14(37)3)26-17-6-18(28(31,32)33)23(16-7-21(34)20(30)8-19(16)29)25-24(17)38(27(40)35-26)15(11-41-4)12-42-25/h5-8,13-15H,1,9-12,34H2,2-4H3/t13-,14+,15-/m0/s1. The number of nitrogens with two attached hydrogens (primary N) is 1. The van der Waals surface area contributed by atoms with Gasteiger partial charge in [0.1, 0.15) is 17.5 Å². The summed E-state index contributed by atoms with van der Waals surface area (Å²) in [7, 11) is 1.44. The Bertz CT molecular complexity index is 1650. The number of nitrogens with zero attached hydrogens (tertiary/aromatic N) is 4. The number of methoxy groups -OCH3 is 1. The van der Waals surface area contributed by atoms with Gasteiger partial charge < -0.3 is 20.3 Å². The summed E-state index contributed by atoms with van der Waals surface area (Å²) in [5.74, 6) is -2.46. The van der Waals surface area contributed by atoms with Crippen LogP contribution < -0.4 is 16.3 Å². The fourth-order valence-corrected chi connectivity index (χ4v) is 7.24. The molecular formula is C28H28F5N5O3S. The van der Waals surface area contributed by atoms with Gasteiger partial charge in [-0.05, 0) is 32.1 Å². The van der Waals surface area contributed by atoms with Gasteiger partial charge in [-0.15, -0.1) is 11.8 Å².